The van der Waals surface area contributed by atoms with E-state index in [0.29, 0.717) is 27.3 Å². The molecule has 2 aromatic heterocycles. The molecule has 0 fully saturated rings. The molecule has 0 aromatic carbocycles. The largest absolute Gasteiger partial charge is 0.462 e. The molecule has 0 saturated heterocycles. The van der Waals surface area contributed by atoms with Gasteiger partial charge < -0.3 is 15.0 Å². The molecule has 3 rings (SSSR count). The van der Waals surface area contributed by atoms with Crippen LogP contribution in [0.15, 0.2) is 9.82 Å². The van der Waals surface area contributed by atoms with Crippen molar-refractivity contribution in [1.82, 2.24) is 19.4 Å². The predicted molar refractivity (Wildman–Crippen MR) is 126 cm³/mol. The normalized spacial score (nSPS) is 13.2. The summed E-state index contributed by atoms with van der Waals surface area (Å²) in [6.45, 7) is 5.10. The lowest BCUT2D eigenvalue weighted by Crippen LogP contribution is -2.33. The summed E-state index contributed by atoms with van der Waals surface area (Å²) in [5, 5.41) is 3.73. The minimum atomic E-state index is -0.442. The summed E-state index contributed by atoms with van der Waals surface area (Å²) in [6, 6.07) is 0. The molecule has 1 aliphatic rings. The molecular formula is C21H29N5O4S2. The number of ether oxygens (including phenoxy) is 1. The number of hydrogen-bond acceptors (Lipinski definition) is 9. The van der Waals surface area contributed by atoms with Gasteiger partial charge in [0.1, 0.15) is 9.90 Å². The van der Waals surface area contributed by atoms with Gasteiger partial charge >= 0.3 is 11.7 Å². The van der Waals surface area contributed by atoms with Crippen molar-refractivity contribution >= 4 is 40.1 Å². The smallest absolute Gasteiger partial charge is 0.350 e. The van der Waals surface area contributed by atoms with E-state index >= 15 is 0 Å². The molecule has 0 saturated carbocycles. The van der Waals surface area contributed by atoms with Crippen molar-refractivity contribution < 1.29 is 14.3 Å². The number of aromatic nitrogens is 3. The zero-order valence-corrected chi connectivity index (χ0v) is 20.5. The van der Waals surface area contributed by atoms with Crippen molar-refractivity contribution in [2.45, 2.75) is 51.1 Å². The first-order chi connectivity index (χ1) is 15.3. The number of esters is 1. The van der Waals surface area contributed by atoms with Crippen LogP contribution in [0, 0.1) is 6.92 Å². The Morgan fingerprint density at radius 3 is 2.72 bits per heavy atom. The second-order valence-electron chi connectivity index (χ2n) is 7.78. The summed E-state index contributed by atoms with van der Waals surface area (Å²) < 4.78 is 6.79. The van der Waals surface area contributed by atoms with E-state index in [1.165, 1.54) is 11.8 Å². The van der Waals surface area contributed by atoms with Crippen LogP contribution in [-0.4, -0.2) is 64.3 Å². The summed E-state index contributed by atoms with van der Waals surface area (Å²) in [7, 11) is 3.96. The molecule has 2 heterocycles. The fourth-order valence-electron chi connectivity index (χ4n) is 3.52. The van der Waals surface area contributed by atoms with E-state index < -0.39 is 5.97 Å². The quantitative estimate of drug-likeness (QED) is 0.332. The number of rotatable bonds is 9. The van der Waals surface area contributed by atoms with Gasteiger partial charge in [0.15, 0.2) is 5.13 Å². The Hall–Kier alpha value is -2.24. The maximum Gasteiger partial charge on any atom is 0.350 e. The van der Waals surface area contributed by atoms with Crippen LogP contribution in [0.4, 0.5) is 5.13 Å². The van der Waals surface area contributed by atoms with Crippen LogP contribution in [0.1, 0.15) is 46.4 Å². The monoisotopic (exact) mass is 479 g/mol. The topological polar surface area (TPSA) is 106 Å². The van der Waals surface area contributed by atoms with Crippen LogP contribution < -0.4 is 11.0 Å². The van der Waals surface area contributed by atoms with Gasteiger partial charge in [0.2, 0.25) is 5.91 Å². The lowest BCUT2D eigenvalue weighted by atomic mass is 9.97. The minimum absolute atomic E-state index is 0.105. The third kappa shape index (κ3) is 5.96. The predicted octanol–water partition coefficient (Wildman–Crippen LogP) is 2.36. The van der Waals surface area contributed by atoms with Gasteiger partial charge in [-0.2, -0.15) is 4.98 Å². The van der Waals surface area contributed by atoms with Crippen molar-refractivity contribution in [3.05, 3.63) is 32.3 Å². The van der Waals surface area contributed by atoms with Gasteiger partial charge in [-0.25, -0.2) is 14.6 Å². The molecule has 2 aromatic rings. The summed E-state index contributed by atoms with van der Waals surface area (Å²) in [5.74, 6) is -0.598. The highest BCUT2D eigenvalue weighted by Gasteiger charge is 2.22. The van der Waals surface area contributed by atoms with E-state index in [2.05, 4.69) is 15.3 Å². The van der Waals surface area contributed by atoms with Crippen LogP contribution >= 0.6 is 23.1 Å². The molecule has 0 bridgehead atoms. The van der Waals surface area contributed by atoms with Gasteiger partial charge in [0.05, 0.1) is 18.1 Å². The molecular weight excluding hydrogens is 450 g/mol. The Morgan fingerprint density at radius 1 is 1.25 bits per heavy atom. The van der Waals surface area contributed by atoms with E-state index in [1.807, 2.05) is 19.0 Å². The van der Waals surface area contributed by atoms with Crippen LogP contribution in [0.5, 0.6) is 0 Å². The van der Waals surface area contributed by atoms with Crippen molar-refractivity contribution in [2.75, 3.05) is 38.3 Å². The number of carbonyl (C=O) groups is 2. The van der Waals surface area contributed by atoms with Crippen molar-refractivity contribution in [3.63, 3.8) is 0 Å². The number of nitrogens with one attached hydrogen (secondary N) is 1. The van der Waals surface area contributed by atoms with E-state index in [9.17, 15) is 14.4 Å². The van der Waals surface area contributed by atoms with E-state index in [1.54, 1.807) is 18.4 Å². The second-order valence-corrected chi connectivity index (χ2v) is 9.74. The first-order valence-corrected chi connectivity index (χ1v) is 12.4. The molecule has 1 amide bonds. The number of likely N-dealkylation sites (N-methyl/N-ethyl adjacent to an activating group) is 1. The molecule has 0 atom stereocenters. The third-order valence-electron chi connectivity index (χ3n) is 5.07. The van der Waals surface area contributed by atoms with Crippen LogP contribution in [0.25, 0.3) is 0 Å². The molecule has 0 aliphatic heterocycles. The van der Waals surface area contributed by atoms with Gasteiger partial charge in [-0.3, -0.25) is 9.36 Å². The number of thiazole rings is 1. The SMILES string of the molecule is CCOC(=O)c1sc(NC(=O)CSc2nc(=O)n(CCN(C)C)c3c2CCCC3)nc1C. The van der Waals surface area contributed by atoms with E-state index in [-0.39, 0.29) is 24.0 Å². The second kappa shape index (κ2) is 11.1. The molecule has 0 spiro atoms. The Balaban J connectivity index is 1.70. The number of anilines is 1. The number of nitrogens with zero attached hydrogens (tertiary/aromatic N) is 4. The number of amides is 1. The lowest BCUT2D eigenvalue weighted by Gasteiger charge is -2.23. The fraction of sp³-hybridized carbons (Fsp3) is 0.571. The number of fused-ring (bicyclic) bond motifs is 1. The highest BCUT2D eigenvalue weighted by Crippen LogP contribution is 2.29. The Kier molecular flexibility index (Phi) is 8.44. The van der Waals surface area contributed by atoms with E-state index in [0.717, 1.165) is 54.8 Å². The summed E-state index contributed by atoms with van der Waals surface area (Å²) in [4.78, 5) is 48.1. The Bertz CT molecular complexity index is 1050. The third-order valence-corrected chi connectivity index (χ3v) is 7.14. The molecule has 32 heavy (non-hydrogen) atoms. The maximum atomic E-state index is 12.7. The Labute approximate surface area is 195 Å². The van der Waals surface area contributed by atoms with Crippen LogP contribution in [0.2, 0.25) is 0 Å². The van der Waals surface area contributed by atoms with Crippen molar-refractivity contribution in [1.29, 1.82) is 0 Å². The lowest BCUT2D eigenvalue weighted by molar-refractivity contribution is -0.113. The van der Waals surface area contributed by atoms with E-state index in [4.69, 9.17) is 4.74 Å². The zero-order valence-electron chi connectivity index (χ0n) is 18.9. The van der Waals surface area contributed by atoms with Gasteiger partial charge in [0.25, 0.3) is 0 Å². The molecule has 174 valence electrons. The van der Waals surface area contributed by atoms with Gasteiger partial charge in [-0.15, -0.1) is 0 Å². The zero-order chi connectivity index (χ0) is 23.3. The summed E-state index contributed by atoms with van der Waals surface area (Å²) >= 11 is 2.37. The van der Waals surface area contributed by atoms with Crippen LogP contribution in [-0.2, 0) is 28.9 Å². The summed E-state index contributed by atoms with van der Waals surface area (Å²) in [5.41, 5.74) is 2.40. The van der Waals surface area contributed by atoms with Crippen molar-refractivity contribution in [3.8, 4) is 0 Å². The van der Waals surface area contributed by atoms with Gasteiger partial charge in [0, 0.05) is 24.3 Å². The number of carbonyl (C=O) groups excluding carboxylic acids is 2. The first kappa shape index (κ1) is 24.4. The van der Waals surface area contributed by atoms with Crippen LogP contribution in [0.3, 0.4) is 0 Å². The van der Waals surface area contributed by atoms with Crippen molar-refractivity contribution in [2.24, 2.45) is 0 Å². The average molecular weight is 480 g/mol. The number of thioether (sulfide) groups is 1. The molecule has 9 nitrogen and oxygen atoms in total. The highest BCUT2D eigenvalue weighted by molar-refractivity contribution is 8.00. The highest BCUT2D eigenvalue weighted by atomic mass is 32.2. The fourth-order valence-corrected chi connectivity index (χ4v) is 5.28. The first-order valence-electron chi connectivity index (χ1n) is 10.6. The number of hydrogen-bond donors (Lipinski definition) is 1. The van der Waals surface area contributed by atoms with Gasteiger partial charge in [-0.05, 0) is 53.6 Å². The molecule has 0 radical (unpaired) electrons. The molecule has 0 unspecified atom stereocenters. The molecule has 1 aliphatic carbocycles. The maximum absolute atomic E-state index is 12.7. The minimum Gasteiger partial charge on any atom is -0.462 e. The molecule has 11 heteroatoms. The number of aryl methyl sites for hydroxylation is 1. The molecule has 1 N–H and O–H groups in total. The Morgan fingerprint density at radius 2 is 2.00 bits per heavy atom. The average Bonchev–Trinajstić information content (AvgIpc) is 3.11. The summed E-state index contributed by atoms with van der Waals surface area (Å²) in [6.07, 6.45) is 3.82. The van der Waals surface area contributed by atoms with Gasteiger partial charge in [-0.1, -0.05) is 23.1 Å². The standard InChI is InChI=1S/C21H29N5O4S2/c1-5-30-19(28)17-13(2)22-20(32-17)23-16(27)12-31-18-14-8-6-7-9-15(14)26(21(29)24-18)11-10-25(3)4/h5-12H2,1-4H3,(H,22,23,27).